The Labute approximate surface area is 93.9 Å². The van der Waals surface area contributed by atoms with E-state index < -0.39 is 0 Å². The molecule has 5 heteroatoms. The van der Waals surface area contributed by atoms with Crippen LogP contribution in [0.4, 0.5) is 0 Å². The number of aromatic nitrogens is 1. The van der Waals surface area contributed by atoms with Crippen molar-refractivity contribution < 1.29 is 9.90 Å². The second kappa shape index (κ2) is 3.81. The SMILES string of the molecule is [N-]=[N+]=Cc1ccc2c(Br)c(O)ccc2n1. The molecule has 0 atom stereocenters. The van der Waals surface area contributed by atoms with E-state index in [9.17, 15) is 5.11 Å². The molecule has 0 spiro atoms. The lowest BCUT2D eigenvalue weighted by molar-refractivity contribution is 0.00429. The van der Waals surface area contributed by atoms with Crippen LogP contribution in [-0.4, -0.2) is 21.1 Å². The van der Waals surface area contributed by atoms with Crippen LogP contribution in [0.15, 0.2) is 28.7 Å². The van der Waals surface area contributed by atoms with Crippen molar-refractivity contribution in [3.63, 3.8) is 0 Å². The van der Waals surface area contributed by atoms with E-state index in [4.69, 9.17) is 5.53 Å². The Morgan fingerprint density at radius 2 is 2.13 bits per heavy atom. The van der Waals surface area contributed by atoms with Crippen molar-refractivity contribution in [2.45, 2.75) is 0 Å². The first-order valence-electron chi connectivity index (χ1n) is 4.18. The molecule has 0 bridgehead atoms. The van der Waals surface area contributed by atoms with Crippen molar-refractivity contribution in [3.8, 4) is 5.75 Å². The molecule has 0 fully saturated rings. The van der Waals surface area contributed by atoms with E-state index in [1.165, 1.54) is 6.21 Å². The van der Waals surface area contributed by atoms with Crippen LogP contribution in [0.5, 0.6) is 5.75 Å². The highest BCUT2D eigenvalue weighted by Gasteiger charge is 2.05. The first-order chi connectivity index (χ1) is 7.22. The molecule has 2 rings (SSSR count). The predicted molar refractivity (Wildman–Crippen MR) is 59.9 cm³/mol. The van der Waals surface area contributed by atoms with Crippen LogP contribution in [0.25, 0.3) is 16.4 Å². The smallest absolute Gasteiger partial charge is 0.305 e. The van der Waals surface area contributed by atoms with E-state index in [0.29, 0.717) is 10.2 Å². The lowest BCUT2D eigenvalue weighted by atomic mass is 10.2. The van der Waals surface area contributed by atoms with Gasteiger partial charge < -0.3 is 10.6 Å². The number of pyridine rings is 1. The summed E-state index contributed by atoms with van der Waals surface area (Å²) in [6.45, 7) is 0. The molecule has 0 amide bonds. The van der Waals surface area contributed by atoms with Gasteiger partial charge in [0.1, 0.15) is 11.4 Å². The van der Waals surface area contributed by atoms with E-state index in [2.05, 4.69) is 25.7 Å². The molecule has 0 aliphatic heterocycles. The fraction of sp³-hybridized carbons (Fsp3) is 0. The third-order valence-electron chi connectivity index (χ3n) is 2.00. The van der Waals surface area contributed by atoms with Gasteiger partial charge in [-0.3, -0.25) is 0 Å². The summed E-state index contributed by atoms with van der Waals surface area (Å²) >= 11 is 3.27. The van der Waals surface area contributed by atoms with E-state index >= 15 is 0 Å². The van der Waals surface area contributed by atoms with Crippen molar-refractivity contribution in [2.75, 3.05) is 0 Å². The molecule has 2 aromatic rings. The maximum atomic E-state index is 9.45. The number of benzene rings is 1. The second-order valence-corrected chi connectivity index (χ2v) is 3.74. The molecular weight excluding hydrogens is 258 g/mol. The molecule has 1 N–H and O–H groups in total. The molecule has 0 saturated carbocycles. The maximum absolute atomic E-state index is 9.45. The van der Waals surface area contributed by atoms with Gasteiger partial charge in [0, 0.05) is 5.39 Å². The second-order valence-electron chi connectivity index (χ2n) is 2.95. The third-order valence-corrected chi connectivity index (χ3v) is 2.83. The summed E-state index contributed by atoms with van der Waals surface area (Å²) in [6.07, 6.45) is 1.25. The summed E-state index contributed by atoms with van der Waals surface area (Å²) in [5.41, 5.74) is 9.65. The zero-order chi connectivity index (χ0) is 10.8. The summed E-state index contributed by atoms with van der Waals surface area (Å²) in [5.74, 6) is 0.174. The van der Waals surface area contributed by atoms with Crippen LogP contribution in [-0.2, 0) is 0 Å². The highest BCUT2D eigenvalue weighted by Crippen LogP contribution is 2.31. The molecule has 1 aromatic carbocycles. The fourth-order valence-electron chi connectivity index (χ4n) is 1.30. The van der Waals surface area contributed by atoms with Crippen LogP contribution in [0.1, 0.15) is 5.69 Å². The third kappa shape index (κ3) is 1.75. The Morgan fingerprint density at radius 1 is 1.33 bits per heavy atom. The Morgan fingerprint density at radius 3 is 2.87 bits per heavy atom. The van der Waals surface area contributed by atoms with Crippen LogP contribution in [0.3, 0.4) is 0 Å². The minimum atomic E-state index is 0.174. The first-order valence-corrected chi connectivity index (χ1v) is 4.97. The Bertz CT molecular complexity index is 576. The van der Waals surface area contributed by atoms with Gasteiger partial charge in [-0.1, -0.05) is 0 Å². The minimum absolute atomic E-state index is 0.174. The molecule has 4 nitrogen and oxygen atoms in total. The van der Waals surface area contributed by atoms with Crippen molar-refractivity contribution in [1.82, 2.24) is 4.98 Å². The van der Waals surface area contributed by atoms with Gasteiger partial charge in [-0.15, -0.1) is 0 Å². The average Bonchev–Trinajstić information content (AvgIpc) is 2.24. The average molecular weight is 264 g/mol. The molecular formula is C10H6BrN3O. The summed E-state index contributed by atoms with van der Waals surface area (Å²) in [4.78, 5) is 7.12. The van der Waals surface area contributed by atoms with Crippen LogP contribution >= 0.6 is 15.9 Å². The van der Waals surface area contributed by atoms with Gasteiger partial charge in [0.05, 0.1) is 9.99 Å². The molecule has 0 saturated heterocycles. The highest BCUT2D eigenvalue weighted by atomic mass is 79.9. The number of fused-ring (bicyclic) bond motifs is 1. The Hall–Kier alpha value is -1.71. The van der Waals surface area contributed by atoms with Crippen molar-refractivity contribution >= 4 is 33.0 Å². The molecule has 0 unspecified atom stereocenters. The van der Waals surface area contributed by atoms with Gasteiger partial charge in [-0.05, 0) is 40.2 Å². The van der Waals surface area contributed by atoms with Gasteiger partial charge in [0.25, 0.3) is 0 Å². The van der Waals surface area contributed by atoms with Gasteiger partial charge in [-0.25, -0.2) is 4.98 Å². The quantitative estimate of drug-likeness (QED) is 0.488. The first kappa shape index (κ1) is 9.83. The number of nitrogens with zero attached hydrogens (tertiary/aromatic N) is 3. The van der Waals surface area contributed by atoms with E-state index in [1.54, 1.807) is 24.3 Å². The van der Waals surface area contributed by atoms with E-state index in [1.807, 2.05) is 0 Å². The molecule has 74 valence electrons. The molecule has 1 heterocycles. The Balaban J connectivity index is 2.75. The topological polar surface area (TPSA) is 69.5 Å². The summed E-state index contributed by atoms with van der Waals surface area (Å²) in [5, 5.41) is 10.3. The predicted octanol–water partition coefficient (Wildman–Crippen LogP) is 2.35. The summed E-state index contributed by atoms with van der Waals surface area (Å²) in [6, 6.07) is 6.75. The highest BCUT2D eigenvalue weighted by molar-refractivity contribution is 9.10. The number of hydrogen-bond donors (Lipinski definition) is 1. The summed E-state index contributed by atoms with van der Waals surface area (Å²) in [7, 11) is 0. The molecule has 0 aliphatic rings. The number of aromatic hydroxyl groups is 1. The fourth-order valence-corrected chi connectivity index (χ4v) is 1.77. The normalized spacial score (nSPS) is 9.93. The lowest BCUT2D eigenvalue weighted by Gasteiger charge is -2.01. The number of rotatable bonds is 1. The van der Waals surface area contributed by atoms with E-state index in [0.717, 1.165) is 10.9 Å². The standard InChI is InChI=1S/C10H6BrN3O/c11-10-7-2-1-6(5-13-12)14-8(7)3-4-9(10)15/h1-5,15H. The van der Waals surface area contributed by atoms with Crippen LogP contribution in [0, 0.1) is 0 Å². The largest absolute Gasteiger partial charge is 0.507 e. The summed E-state index contributed by atoms with van der Waals surface area (Å²) < 4.78 is 0.611. The molecule has 1 aromatic heterocycles. The number of hydrogen-bond acceptors (Lipinski definition) is 2. The number of phenols is 1. The Kier molecular flexibility index (Phi) is 2.49. The zero-order valence-electron chi connectivity index (χ0n) is 7.55. The molecule has 0 radical (unpaired) electrons. The number of phenolic OH excluding ortho intramolecular Hbond substituents is 1. The number of halogens is 1. The zero-order valence-corrected chi connectivity index (χ0v) is 9.14. The van der Waals surface area contributed by atoms with Crippen molar-refractivity contribution in [1.29, 1.82) is 0 Å². The van der Waals surface area contributed by atoms with E-state index in [-0.39, 0.29) is 5.75 Å². The van der Waals surface area contributed by atoms with Crippen LogP contribution < -0.4 is 0 Å². The molecule has 0 aliphatic carbocycles. The maximum Gasteiger partial charge on any atom is 0.305 e. The monoisotopic (exact) mass is 263 g/mol. The molecule has 15 heavy (non-hydrogen) atoms. The minimum Gasteiger partial charge on any atom is -0.507 e. The van der Waals surface area contributed by atoms with Gasteiger partial charge >= 0.3 is 6.21 Å². The van der Waals surface area contributed by atoms with Crippen molar-refractivity contribution in [2.24, 2.45) is 0 Å². The van der Waals surface area contributed by atoms with Crippen molar-refractivity contribution in [3.05, 3.63) is 40.0 Å². The van der Waals surface area contributed by atoms with Gasteiger partial charge in [0.2, 0.25) is 0 Å². The van der Waals surface area contributed by atoms with Gasteiger partial charge in [-0.2, -0.15) is 4.79 Å². The van der Waals surface area contributed by atoms with Crippen LogP contribution in [0.2, 0.25) is 0 Å². The lowest BCUT2D eigenvalue weighted by Crippen LogP contribution is -1.89. The van der Waals surface area contributed by atoms with Gasteiger partial charge in [0.15, 0.2) is 0 Å².